The van der Waals surface area contributed by atoms with E-state index in [0.717, 1.165) is 18.4 Å². The molecule has 1 fully saturated rings. The van der Waals surface area contributed by atoms with Crippen molar-refractivity contribution in [3.8, 4) is 0 Å². The first-order valence-electron chi connectivity index (χ1n) is 6.72. The molecule has 0 unspecified atom stereocenters. The molecule has 1 aromatic rings. The zero-order chi connectivity index (χ0) is 14.9. The second-order valence-corrected chi connectivity index (χ2v) is 8.04. The number of benzene rings is 1. The lowest BCUT2D eigenvalue weighted by molar-refractivity contribution is 0.342. The Labute approximate surface area is 130 Å². The third kappa shape index (κ3) is 3.48. The molecular weight excluding hydrogens is 317 g/mol. The van der Waals surface area contributed by atoms with Crippen molar-refractivity contribution in [3.63, 3.8) is 0 Å². The van der Waals surface area contributed by atoms with Gasteiger partial charge in [0, 0.05) is 18.5 Å². The highest BCUT2D eigenvalue weighted by Crippen LogP contribution is 2.34. The molecule has 0 spiro atoms. The molecule has 1 aromatic carbocycles. The fourth-order valence-corrected chi connectivity index (χ4v) is 4.50. The van der Waals surface area contributed by atoms with Gasteiger partial charge in [0.15, 0.2) is 0 Å². The predicted molar refractivity (Wildman–Crippen MR) is 82.8 cm³/mol. The van der Waals surface area contributed by atoms with E-state index in [2.05, 4.69) is 0 Å². The summed E-state index contributed by atoms with van der Waals surface area (Å²) in [5.41, 5.74) is 0.754. The molecule has 0 atom stereocenters. The topological polar surface area (TPSA) is 37.4 Å². The van der Waals surface area contributed by atoms with Gasteiger partial charge in [0.05, 0.1) is 5.02 Å². The summed E-state index contributed by atoms with van der Waals surface area (Å²) in [6.07, 6.45) is 2.21. The van der Waals surface area contributed by atoms with Crippen LogP contribution in [-0.4, -0.2) is 25.3 Å². The minimum absolute atomic E-state index is 0.0867. The number of hydrogen-bond donors (Lipinski definition) is 0. The van der Waals surface area contributed by atoms with Crippen molar-refractivity contribution in [2.45, 2.75) is 43.5 Å². The van der Waals surface area contributed by atoms with Crippen molar-refractivity contribution in [1.29, 1.82) is 0 Å². The first-order valence-corrected chi connectivity index (χ1v) is 9.07. The highest BCUT2D eigenvalue weighted by molar-refractivity contribution is 7.89. The lowest BCUT2D eigenvalue weighted by Crippen LogP contribution is -2.38. The summed E-state index contributed by atoms with van der Waals surface area (Å²) in [5.74, 6) is 0.756. The van der Waals surface area contributed by atoms with Crippen LogP contribution in [0.15, 0.2) is 23.1 Å². The van der Waals surface area contributed by atoms with Gasteiger partial charge in [0.1, 0.15) is 4.90 Å². The Morgan fingerprint density at radius 2 is 2.00 bits per heavy atom. The quantitative estimate of drug-likeness (QED) is 0.739. The van der Waals surface area contributed by atoms with E-state index in [9.17, 15) is 8.42 Å². The smallest absolute Gasteiger partial charge is 0.207 e. The van der Waals surface area contributed by atoms with E-state index in [1.807, 2.05) is 13.8 Å². The van der Waals surface area contributed by atoms with Gasteiger partial charge >= 0.3 is 0 Å². The normalized spacial score (nSPS) is 16.1. The maximum absolute atomic E-state index is 12.8. The van der Waals surface area contributed by atoms with E-state index < -0.39 is 10.0 Å². The lowest BCUT2D eigenvalue weighted by atomic mass is 10.2. The number of alkyl halides is 1. The van der Waals surface area contributed by atoms with Crippen LogP contribution < -0.4 is 0 Å². The van der Waals surface area contributed by atoms with E-state index in [-0.39, 0.29) is 21.8 Å². The summed E-state index contributed by atoms with van der Waals surface area (Å²) < 4.78 is 27.2. The van der Waals surface area contributed by atoms with Crippen LogP contribution in [0, 0.1) is 5.92 Å². The molecular formula is C14H19Cl2NO2S. The Morgan fingerprint density at radius 3 is 2.50 bits per heavy atom. The molecule has 0 heterocycles. The molecule has 0 aliphatic heterocycles. The Bertz CT molecular complexity index is 583. The van der Waals surface area contributed by atoms with E-state index in [1.165, 1.54) is 0 Å². The molecule has 0 bridgehead atoms. The Hall–Kier alpha value is -0.290. The largest absolute Gasteiger partial charge is 0.244 e. The number of sulfonamides is 1. The van der Waals surface area contributed by atoms with Crippen LogP contribution in [0.2, 0.25) is 5.02 Å². The number of halogens is 2. The molecule has 20 heavy (non-hydrogen) atoms. The lowest BCUT2D eigenvalue weighted by Gasteiger charge is -2.26. The van der Waals surface area contributed by atoms with Crippen molar-refractivity contribution in [3.05, 3.63) is 28.8 Å². The molecule has 1 saturated carbocycles. The highest BCUT2D eigenvalue weighted by Gasteiger charge is 2.34. The van der Waals surface area contributed by atoms with Gasteiger partial charge in [-0.15, -0.1) is 11.6 Å². The molecule has 0 saturated heterocycles. The highest BCUT2D eigenvalue weighted by atomic mass is 35.5. The number of hydrogen-bond acceptors (Lipinski definition) is 2. The summed E-state index contributed by atoms with van der Waals surface area (Å²) in [5, 5.41) is 0.250. The summed E-state index contributed by atoms with van der Waals surface area (Å²) in [4.78, 5) is 0.159. The second kappa shape index (κ2) is 6.22. The second-order valence-electron chi connectivity index (χ2n) is 5.51. The van der Waals surface area contributed by atoms with Gasteiger partial charge in [-0.2, -0.15) is 4.31 Å². The predicted octanol–water partition coefficient (Wildman–Crippen LogP) is 3.89. The summed E-state index contributed by atoms with van der Waals surface area (Å²) in [6, 6.07) is 4.83. The molecule has 0 amide bonds. The zero-order valence-corrected chi connectivity index (χ0v) is 14.0. The maximum Gasteiger partial charge on any atom is 0.244 e. The molecule has 1 aliphatic carbocycles. The van der Waals surface area contributed by atoms with E-state index in [4.69, 9.17) is 23.2 Å². The number of rotatable bonds is 6. The monoisotopic (exact) mass is 335 g/mol. The van der Waals surface area contributed by atoms with Crippen LogP contribution in [-0.2, 0) is 15.9 Å². The minimum Gasteiger partial charge on any atom is -0.207 e. The van der Waals surface area contributed by atoms with Crippen molar-refractivity contribution in [1.82, 2.24) is 4.31 Å². The maximum atomic E-state index is 12.8. The van der Waals surface area contributed by atoms with Crippen LogP contribution >= 0.6 is 23.2 Å². The fourth-order valence-electron chi connectivity index (χ4n) is 2.10. The van der Waals surface area contributed by atoms with Crippen LogP contribution in [0.4, 0.5) is 0 Å². The van der Waals surface area contributed by atoms with E-state index in [0.29, 0.717) is 12.5 Å². The average molecular weight is 336 g/mol. The van der Waals surface area contributed by atoms with Crippen molar-refractivity contribution >= 4 is 33.2 Å². The summed E-state index contributed by atoms with van der Waals surface area (Å²) >= 11 is 11.9. The van der Waals surface area contributed by atoms with Crippen LogP contribution in [0.3, 0.4) is 0 Å². The molecule has 0 aromatic heterocycles. The van der Waals surface area contributed by atoms with E-state index in [1.54, 1.807) is 22.5 Å². The van der Waals surface area contributed by atoms with Gasteiger partial charge in [-0.1, -0.05) is 17.7 Å². The average Bonchev–Trinajstić information content (AvgIpc) is 3.19. The van der Waals surface area contributed by atoms with Gasteiger partial charge in [-0.25, -0.2) is 8.42 Å². The van der Waals surface area contributed by atoms with Gasteiger partial charge in [0.25, 0.3) is 0 Å². The summed E-state index contributed by atoms with van der Waals surface area (Å²) in [7, 11) is -3.58. The standard InChI is InChI=1S/C14H19Cl2NO2S/c1-10(2)17(9-11-3-4-11)20(18,19)14-7-12(8-15)5-6-13(14)16/h5-7,10-11H,3-4,8-9H2,1-2H3. The third-order valence-electron chi connectivity index (χ3n) is 3.45. The van der Waals surface area contributed by atoms with Gasteiger partial charge in [-0.3, -0.25) is 0 Å². The first-order chi connectivity index (χ1) is 9.36. The van der Waals surface area contributed by atoms with Crippen molar-refractivity contribution < 1.29 is 8.42 Å². The van der Waals surface area contributed by atoms with Crippen LogP contribution in [0.1, 0.15) is 32.3 Å². The van der Waals surface area contributed by atoms with E-state index >= 15 is 0 Å². The fraction of sp³-hybridized carbons (Fsp3) is 0.571. The minimum atomic E-state index is -3.58. The Balaban J connectivity index is 2.40. The van der Waals surface area contributed by atoms with Crippen molar-refractivity contribution in [2.75, 3.05) is 6.54 Å². The molecule has 0 radical (unpaired) electrons. The van der Waals surface area contributed by atoms with Crippen LogP contribution in [0.5, 0.6) is 0 Å². The molecule has 112 valence electrons. The molecule has 1 aliphatic rings. The molecule has 6 heteroatoms. The van der Waals surface area contributed by atoms with Gasteiger partial charge < -0.3 is 0 Å². The van der Waals surface area contributed by atoms with Crippen molar-refractivity contribution in [2.24, 2.45) is 5.92 Å². The Kier molecular flexibility index (Phi) is 5.00. The summed E-state index contributed by atoms with van der Waals surface area (Å²) in [6.45, 7) is 4.35. The van der Waals surface area contributed by atoms with Crippen LogP contribution in [0.25, 0.3) is 0 Å². The third-order valence-corrected chi connectivity index (χ3v) is 6.28. The van der Waals surface area contributed by atoms with Gasteiger partial charge in [-0.05, 0) is 50.3 Å². The zero-order valence-electron chi connectivity index (χ0n) is 11.6. The van der Waals surface area contributed by atoms with Gasteiger partial charge in [0.2, 0.25) is 10.0 Å². The molecule has 0 N–H and O–H groups in total. The molecule has 2 rings (SSSR count). The SMILES string of the molecule is CC(C)N(CC1CC1)S(=O)(=O)c1cc(CCl)ccc1Cl. The molecule has 3 nitrogen and oxygen atoms in total. The first kappa shape index (κ1) is 16.1. The number of nitrogens with zero attached hydrogens (tertiary/aromatic N) is 1. The Morgan fingerprint density at radius 1 is 1.35 bits per heavy atom.